The summed E-state index contributed by atoms with van der Waals surface area (Å²) in [7, 11) is 0. The lowest BCUT2D eigenvalue weighted by Crippen LogP contribution is -2.04. The second-order valence-corrected chi connectivity index (χ2v) is 2.47. The SMILES string of the molecule is CCN=C/C=C(\N)C(C)C. The topological polar surface area (TPSA) is 38.4 Å². The first-order valence-corrected chi connectivity index (χ1v) is 3.64. The molecule has 0 rings (SSSR count). The highest BCUT2D eigenvalue weighted by Crippen LogP contribution is 1.99. The summed E-state index contributed by atoms with van der Waals surface area (Å²) in [5, 5.41) is 0. The molecule has 58 valence electrons. The molecule has 0 bridgehead atoms. The van der Waals surface area contributed by atoms with E-state index in [0.717, 1.165) is 12.2 Å². The highest BCUT2D eigenvalue weighted by molar-refractivity contribution is 5.71. The van der Waals surface area contributed by atoms with Gasteiger partial charge in [-0.25, -0.2) is 0 Å². The van der Waals surface area contributed by atoms with Gasteiger partial charge in [0.05, 0.1) is 0 Å². The Hall–Kier alpha value is -0.790. The zero-order chi connectivity index (χ0) is 7.98. The van der Waals surface area contributed by atoms with Gasteiger partial charge in [-0.3, -0.25) is 4.99 Å². The molecule has 0 fully saturated rings. The summed E-state index contributed by atoms with van der Waals surface area (Å²) in [6.07, 6.45) is 3.61. The minimum absolute atomic E-state index is 0.420. The summed E-state index contributed by atoms with van der Waals surface area (Å²) in [5.74, 6) is 0.420. The predicted molar refractivity (Wildman–Crippen MR) is 46.1 cm³/mol. The number of allylic oxidation sites excluding steroid dienone is 2. The maximum atomic E-state index is 5.63. The van der Waals surface area contributed by atoms with Gasteiger partial charge < -0.3 is 5.73 Å². The summed E-state index contributed by atoms with van der Waals surface area (Å²) in [6.45, 7) is 6.94. The van der Waals surface area contributed by atoms with Gasteiger partial charge in [-0.1, -0.05) is 13.8 Å². The predicted octanol–water partition coefficient (Wildman–Crippen LogP) is 1.58. The molecule has 2 heteroatoms. The highest BCUT2D eigenvalue weighted by atomic mass is 14.7. The highest BCUT2D eigenvalue weighted by Gasteiger charge is 1.92. The number of nitrogens with zero attached hydrogens (tertiary/aromatic N) is 1. The van der Waals surface area contributed by atoms with Gasteiger partial charge in [0, 0.05) is 18.5 Å². The van der Waals surface area contributed by atoms with Gasteiger partial charge in [-0.15, -0.1) is 0 Å². The molecule has 0 unspecified atom stereocenters. The first kappa shape index (κ1) is 9.21. The Kier molecular flexibility index (Phi) is 4.63. The van der Waals surface area contributed by atoms with Crippen LogP contribution in [0, 0.1) is 5.92 Å². The molecule has 2 nitrogen and oxygen atoms in total. The standard InChI is InChI=1S/C8H16N2/c1-4-10-6-5-8(9)7(2)3/h5-7H,4,9H2,1-3H3/b8-5-,10-6?. The van der Waals surface area contributed by atoms with Crippen LogP contribution in [0.5, 0.6) is 0 Å². The van der Waals surface area contributed by atoms with Crippen molar-refractivity contribution in [1.29, 1.82) is 0 Å². The van der Waals surface area contributed by atoms with Gasteiger partial charge in [-0.05, 0) is 18.9 Å². The van der Waals surface area contributed by atoms with Gasteiger partial charge >= 0.3 is 0 Å². The molecular formula is C8H16N2. The number of aliphatic imine (C=N–C) groups is 1. The van der Waals surface area contributed by atoms with E-state index in [2.05, 4.69) is 18.8 Å². The molecule has 0 saturated heterocycles. The summed E-state index contributed by atoms with van der Waals surface area (Å²) in [5.41, 5.74) is 6.51. The van der Waals surface area contributed by atoms with Gasteiger partial charge in [0.25, 0.3) is 0 Å². The van der Waals surface area contributed by atoms with Crippen molar-refractivity contribution in [2.45, 2.75) is 20.8 Å². The van der Waals surface area contributed by atoms with E-state index in [1.807, 2.05) is 13.0 Å². The van der Waals surface area contributed by atoms with Crippen molar-refractivity contribution >= 4 is 6.21 Å². The summed E-state index contributed by atoms with van der Waals surface area (Å²) in [6, 6.07) is 0. The van der Waals surface area contributed by atoms with Crippen LogP contribution in [-0.2, 0) is 0 Å². The monoisotopic (exact) mass is 140 g/mol. The molecule has 0 aromatic rings. The van der Waals surface area contributed by atoms with E-state index in [0.29, 0.717) is 5.92 Å². The fourth-order valence-corrected chi connectivity index (χ4v) is 0.437. The fourth-order valence-electron chi connectivity index (χ4n) is 0.437. The lowest BCUT2D eigenvalue weighted by molar-refractivity contribution is 0.759. The Morgan fingerprint density at radius 1 is 1.60 bits per heavy atom. The molecule has 0 saturated carbocycles. The first-order chi connectivity index (χ1) is 4.68. The second-order valence-electron chi connectivity index (χ2n) is 2.47. The maximum Gasteiger partial charge on any atom is 0.0360 e. The van der Waals surface area contributed by atoms with E-state index in [-0.39, 0.29) is 0 Å². The van der Waals surface area contributed by atoms with Crippen molar-refractivity contribution in [3.8, 4) is 0 Å². The number of rotatable bonds is 3. The lowest BCUT2D eigenvalue weighted by atomic mass is 10.1. The minimum atomic E-state index is 0.420. The Labute approximate surface area is 62.8 Å². The summed E-state index contributed by atoms with van der Waals surface area (Å²) >= 11 is 0. The Morgan fingerprint density at radius 3 is 2.60 bits per heavy atom. The van der Waals surface area contributed by atoms with E-state index in [1.54, 1.807) is 6.21 Å². The molecule has 0 aliphatic carbocycles. The molecule has 0 heterocycles. The van der Waals surface area contributed by atoms with Crippen LogP contribution in [0.4, 0.5) is 0 Å². The van der Waals surface area contributed by atoms with Crippen LogP contribution in [0.15, 0.2) is 16.8 Å². The third-order valence-electron chi connectivity index (χ3n) is 1.22. The van der Waals surface area contributed by atoms with Crippen molar-refractivity contribution < 1.29 is 0 Å². The summed E-state index contributed by atoms with van der Waals surface area (Å²) in [4.78, 5) is 4.01. The maximum absolute atomic E-state index is 5.63. The van der Waals surface area contributed by atoms with Crippen LogP contribution in [0.2, 0.25) is 0 Å². The van der Waals surface area contributed by atoms with Crippen LogP contribution in [0.1, 0.15) is 20.8 Å². The van der Waals surface area contributed by atoms with Crippen molar-refractivity contribution in [1.82, 2.24) is 0 Å². The molecule has 0 aromatic heterocycles. The minimum Gasteiger partial charge on any atom is -0.402 e. The van der Waals surface area contributed by atoms with Gasteiger partial charge in [0.1, 0.15) is 0 Å². The molecule has 2 N–H and O–H groups in total. The molecule has 0 atom stereocenters. The fraction of sp³-hybridized carbons (Fsp3) is 0.625. The number of hydrogen-bond acceptors (Lipinski definition) is 2. The van der Waals surface area contributed by atoms with Crippen LogP contribution in [0.25, 0.3) is 0 Å². The van der Waals surface area contributed by atoms with E-state index in [4.69, 9.17) is 5.73 Å². The zero-order valence-electron chi connectivity index (χ0n) is 6.96. The first-order valence-electron chi connectivity index (χ1n) is 3.64. The third kappa shape index (κ3) is 4.13. The van der Waals surface area contributed by atoms with Crippen LogP contribution >= 0.6 is 0 Å². The quantitative estimate of drug-likeness (QED) is 0.594. The molecule has 0 aliphatic rings. The van der Waals surface area contributed by atoms with Crippen LogP contribution < -0.4 is 5.73 Å². The Morgan fingerprint density at radius 2 is 2.20 bits per heavy atom. The Balaban J connectivity index is 3.79. The van der Waals surface area contributed by atoms with Gasteiger partial charge in [0.15, 0.2) is 0 Å². The smallest absolute Gasteiger partial charge is 0.0360 e. The lowest BCUT2D eigenvalue weighted by Gasteiger charge is -2.01. The summed E-state index contributed by atoms with van der Waals surface area (Å²) < 4.78 is 0. The van der Waals surface area contributed by atoms with E-state index < -0.39 is 0 Å². The van der Waals surface area contributed by atoms with E-state index >= 15 is 0 Å². The molecule has 0 aliphatic heterocycles. The Bertz CT molecular complexity index is 134. The van der Waals surface area contributed by atoms with Crippen molar-refractivity contribution in [3.05, 3.63) is 11.8 Å². The molecule has 0 spiro atoms. The normalized spacial score (nSPS) is 13.4. The molecule has 0 amide bonds. The average Bonchev–Trinajstić information content (AvgIpc) is 1.88. The van der Waals surface area contributed by atoms with E-state index in [9.17, 15) is 0 Å². The number of hydrogen-bond donors (Lipinski definition) is 1. The van der Waals surface area contributed by atoms with E-state index in [1.165, 1.54) is 0 Å². The molecule has 0 aromatic carbocycles. The van der Waals surface area contributed by atoms with Gasteiger partial charge in [0.2, 0.25) is 0 Å². The van der Waals surface area contributed by atoms with Crippen LogP contribution in [-0.4, -0.2) is 12.8 Å². The molecular weight excluding hydrogens is 124 g/mol. The molecule has 10 heavy (non-hydrogen) atoms. The van der Waals surface area contributed by atoms with Crippen molar-refractivity contribution in [2.24, 2.45) is 16.6 Å². The van der Waals surface area contributed by atoms with Crippen LogP contribution in [0.3, 0.4) is 0 Å². The average molecular weight is 140 g/mol. The van der Waals surface area contributed by atoms with Crippen molar-refractivity contribution in [3.63, 3.8) is 0 Å². The third-order valence-corrected chi connectivity index (χ3v) is 1.22. The number of nitrogens with two attached hydrogens (primary N) is 1. The van der Waals surface area contributed by atoms with Gasteiger partial charge in [-0.2, -0.15) is 0 Å². The largest absolute Gasteiger partial charge is 0.402 e. The second kappa shape index (κ2) is 5.03. The van der Waals surface area contributed by atoms with Crippen molar-refractivity contribution in [2.75, 3.05) is 6.54 Å². The molecule has 0 radical (unpaired) electrons. The zero-order valence-corrected chi connectivity index (χ0v) is 6.96.